The number of rotatable bonds is 3. The van der Waals surface area contributed by atoms with Gasteiger partial charge in [-0.2, -0.15) is 0 Å². The van der Waals surface area contributed by atoms with Crippen molar-refractivity contribution in [3.63, 3.8) is 0 Å². The summed E-state index contributed by atoms with van der Waals surface area (Å²) < 4.78 is 25.1. The summed E-state index contributed by atoms with van der Waals surface area (Å²) in [5.41, 5.74) is 0.383. The van der Waals surface area contributed by atoms with Crippen LogP contribution in [0.3, 0.4) is 0 Å². The fourth-order valence-corrected chi connectivity index (χ4v) is 11.9. The lowest BCUT2D eigenvalue weighted by atomic mass is 9.44. The second-order valence-electron chi connectivity index (χ2n) is 16.1. The van der Waals surface area contributed by atoms with Crippen LogP contribution in [-0.4, -0.2) is 105 Å². The van der Waals surface area contributed by atoms with Crippen molar-refractivity contribution in [3.8, 4) is 0 Å². The molecule has 0 aromatic carbocycles. The van der Waals surface area contributed by atoms with Gasteiger partial charge >= 0.3 is 0 Å². The van der Waals surface area contributed by atoms with Crippen LogP contribution < -0.4 is 0 Å². The van der Waals surface area contributed by atoms with E-state index in [1.807, 2.05) is 6.92 Å². The van der Waals surface area contributed by atoms with Crippen molar-refractivity contribution < 1.29 is 49.6 Å². The van der Waals surface area contributed by atoms with Gasteiger partial charge in [-0.15, -0.1) is 0 Å². The minimum Gasteiger partial charge on any atom is -0.394 e. The minimum atomic E-state index is -1.55. The first-order valence-electron chi connectivity index (χ1n) is 17.0. The van der Waals surface area contributed by atoms with Crippen LogP contribution in [0, 0.1) is 52.3 Å². The molecule has 0 radical (unpaired) electrons. The summed E-state index contributed by atoms with van der Waals surface area (Å²) in [5, 5.41) is 63.1. The molecule has 4 aliphatic carbocycles. The average molecular weight is 611 g/mol. The molecule has 1 spiro atoms. The van der Waals surface area contributed by atoms with Crippen molar-refractivity contribution in [2.45, 2.75) is 140 Å². The molecular weight excluding hydrogens is 556 g/mol. The summed E-state index contributed by atoms with van der Waals surface area (Å²) in [6, 6.07) is 0. The van der Waals surface area contributed by atoms with E-state index in [0.717, 1.165) is 32.1 Å². The van der Waals surface area contributed by atoms with Crippen LogP contribution in [-0.2, 0) is 18.9 Å². The predicted octanol–water partition coefficient (Wildman–Crippen LogP) is 1.56. The maximum atomic E-state index is 11.9. The van der Waals surface area contributed by atoms with E-state index >= 15 is 0 Å². The van der Waals surface area contributed by atoms with E-state index in [-0.39, 0.29) is 35.4 Å². The average Bonchev–Trinajstić information content (AvgIpc) is 3.44. The third kappa shape index (κ3) is 4.41. The molecule has 3 saturated heterocycles. The van der Waals surface area contributed by atoms with Crippen LogP contribution in [0.2, 0.25) is 0 Å². The van der Waals surface area contributed by atoms with Crippen LogP contribution in [0.1, 0.15) is 79.1 Å². The molecular formula is C33H54O10. The summed E-state index contributed by atoms with van der Waals surface area (Å²) >= 11 is 0. The highest BCUT2D eigenvalue weighted by Gasteiger charge is 2.72. The SMILES string of the molecule is C[C@H]1CO[C@@]2(O[C@H]3C[C@H]4[C@@H]5CC[C@H]6C[C@@H](O)CC[C@]6(C)[C@H]5CC[C@]4(C)[C@H]3[C@@H]2C)[C@@H](O)[C@@H]1O[C@H]1O[C@@H](CO)[C@H](O)[C@@H](O)[C@@H]1O. The molecule has 3 heterocycles. The summed E-state index contributed by atoms with van der Waals surface area (Å²) in [5.74, 6) is 1.15. The first kappa shape index (κ1) is 31.2. The predicted molar refractivity (Wildman–Crippen MR) is 153 cm³/mol. The second-order valence-corrected chi connectivity index (χ2v) is 16.1. The van der Waals surface area contributed by atoms with Crippen molar-refractivity contribution in [3.05, 3.63) is 0 Å². The molecule has 19 atom stereocenters. The third-order valence-corrected chi connectivity index (χ3v) is 14.2. The quantitative estimate of drug-likeness (QED) is 0.277. The number of fused-ring (bicyclic) bond motifs is 7. The standard InChI is InChI=1S/C33H54O10/c1-15-14-40-33(29(39)28(15)42-30-27(38)26(37)25(36)23(13-34)41-30)16(2)24-22(43-33)12-21-19-6-5-17-11-18(35)7-9-31(17,3)20(19)8-10-32(21,24)4/h15-30,34-39H,5-14H2,1-4H3/t15-,16-,17-,18-,19+,20-,21-,22-,23-,24-,25-,26+,27-,28+,29-,30+,31-,32-,33-/m0/s1. The molecule has 7 rings (SSSR count). The van der Waals surface area contributed by atoms with Gasteiger partial charge in [-0.25, -0.2) is 0 Å². The van der Waals surface area contributed by atoms with Crippen LogP contribution in [0.25, 0.3) is 0 Å². The lowest BCUT2D eigenvalue weighted by molar-refractivity contribution is -0.374. The van der Waals surface area contributed by atoms with Gasteiger partial charge in [0.2, 0.25) is 0 Å². The van der Waals surface area contributed by atoms with Gasteiger partial charge in [0.25, 0.3) is 0 Å². The van der Waals surface area contributed by atoms with Gasteiger partial charge < -0.3 is 49.6 Å². The molecule has 7 fully saturated rings. The van der Waals surface area contributed by atoms with Gasteiger partial charge in [0.1, 0.15) is 30.5 Å². The first-order valence-corrected chi connectivity index (χ1v) is 17.0. The summed E-state index contributed by atoms with van der Waals surface area (Å²) in [6.45, 7) is 8.75. The Kier molecular flexibility index (Phi) is 7.86. The molecule has 246 valence electrons. The van der Waals surface area contributed by atoms with Gasteiger partial charge in [-0.1, -0.05) is 27.7 Å². The van der Waals surface area contributed by atoms with Gasteiger partial charge in [0, 0.05) is 11.8 Å². The Balaban J connectivity index is 1.10. The van der Waals surface area contributed by atoms with Crippen molar-refractivity contribution in [2.75, 3.05) is 13.2 Å². The first-order chi connectivity index (χ1) is 20.4. The Morgan fingerprint density at radius 1 is 0.837 bits per heavy atom. The molecule has 0 bridgehead atoms. The maximum absolute atomic E-state index is 11.9. The zero-order chi connectivity index (χ0) is 30.6. The van der Waals surface area contributed by atoms with Crippen LogP contribution in [0.4, 0.5) is 0 Å². The van der Waals surface area contributed by atoms with Gasteiger partial charge in [-0.05, 0) is 91.8 Å². The van der Waals surface area contributed by atoms with E-state index in [2.05, 4.69) is 20.8 Å². The minimum absolute atomic E-state index is 0.0292. The molecule has 0 unspecified atom stereocenters. The van der Waals surface area contributed by atoms with E-state index < -0.39 is 55.3 Å². The van der Waals surface area contributed by atoms with E-state index in [4.69, 9.17) is 18.9 Å². The lowest BCUT2D eigenvalue weighted by Crippen LogP contribution is -2.65. The topological polar surface area (TPSA) is 158 Å². The van der Waals surface area contributed by atoms with Gasteiger partial charge in [0.05, 0.1) is 31.5 Å². The fraction of sp³-hybridized carbons (Fsp3) is 1.00. The molecule has 10 heteroatoms. The second kappa shape index (κ2) is 10.8. The zero-order valence-electron chi connectivity index (χ0n) is 26.1. The van der Waals surface area contributed by atoms with Gasteiger partial charge in [0.15, 0.2) is 12.1 Å². The molecule has 0 aromatic heterocycles. The third-order valence-electron chi connectivity index (χ3n) is 14.2. The monoisotopic (exact) mass is 610 g/mol. The highest BCUT2D eigenvalue weighted by atomic mass is 16.7. The molecule has 10 nitrogen and oxygen atoms in total. The van der Waals surface area contributed by atoms with Gasteiger partial charge in [-0.3, -0.25) is 0 Å². The number of hydrogen-bond donors (Lipinski definition) is 6. The summed E-state index contributed by atoms with van der Waals surface area (Å²) in [6.07, 6.45) is -0.426. The van der Waals surface area contributed by atoms with Crippen molar-refractivity contribution in [1.29, 1.82) is 0 Å². The van der Waals surface area contributed by atoms with Crippen molar-refractivity contribution in [1.82, 2.24) is 0 Å². The molecule has 0 aromatic rings. The van der Waals surface area contributed by atoms with Crippen LogP contribution in [0.15, 0.2) is 0 Å². The zero-order valence-corrected chi connectivity index (χ0v) is 26.1. The highest BCUT2D eigenvalue weighted by Crippen LogP contribution is 2.71. The highest BCUT2D eigenvalue weighted by molar-refractivity contribution is 5.17. The molecule has 43 heavy (non-hydrogen) atoms. The molecule has 3 aliphatic heterocycles. The van der Waals surface area contributed by atoms with Crippen LogP contribution in [0.5, 0.6) is 0 Å². The molecule has 0 amide bonds. The van der Waals surface area contributed by atoms with E-state index in [1.54, 1.807) is 0 Å². The molecule has 7 aliphatic rings. The van der Waals surface area contributed by atoms with E-state index in [0.29, 0.717) is 35.7 Å². The molecule has 6 N–H and O–H groups in total. The Morgan fingerprint density at radius 3 is 2.33 bits per heavy atom. The Labute approximate surface area is 255 Å². The smallest absolute Gasteiger partial charge is 0.200 e. The van der Waals surface area contributed by atoms with Crippen molar-refractivity contribution >= 4 is 0 Å². The largest absolute Gasteiger partial charge is 0.394 e. The number of hydrogen-bond acceptors (Lipinski definition) is 10. The number of aliphatic hydroxyl groups excluding tert-OH is 6. The van der Waals surface area contributed by atoms with Crippen molar-refractivity contribution in [2.24, 2.45) is 52.3 Å². The summed E-state index contributed by atoms with van der Waals surface area (Å²) in [7, 11) is 0. The lowest BCUT2D eigenvalue weighted by Gasteiger charge is -2.61. The van der Waals surface area contributed by atoms with Crippen LogP contribution >= 0.6 is 0 Å². The maximum Gasteiger partial charge on any atom is 0.200 e. The fourth-order valence-electron chi connectivity index (χ4n) is 11.9. The number of ether oxygens (including phenoxy) is 4. The van der Waals surface area contributed by atoms with E-state index in [9.17, 15) is 30.6 Å². The molecule has 4 saturated carbocycles. The summed E-state index contributed by atoms with van der Waals surface area (Å²) in [4.78, 5) is 0. The Hall–Kier alpha value is -0.400. The normalized spacial score (nSPS) is 61.5. The Bertz CT molecular complexity index is 1040. The van der Waals surface area contributed by atoms with E-state index in [1.165, 1.54) is 19.3 Å². The Morgan fingerprint density at radius 2 is 1.58 bits per heavy atom. The number of aliphatic hydroxyl groups is 6.